The number of aromatic nitrogens is 1. The molecule has 1 amide bonds. The lowest BCUT2D eigenvalue weighted by atomic mass is 10.0. The number of amides is 1. The van der Waals surface area contributed by atoms with Gasteiger partial charge in [-0.05, 0) is 35.4 Å². The molecule has 0 saturated heterocycles. The SMILES string of the molecule is CC(=O)Oc1cccc(C=CC(=O)N[C@@H](Cc2c[nH]c3ccccc23)C(=O)O)c1. The number of benzene rings is 2. The molecular weight excluding hydrogens is 372 g/mol. The summed E-state index contributed by atoms with van der Waals surface area (Å²) in [7, 11) is 0. The summed E-state index contributed by atoms with van der Waals surface area (Å²) >= 11 is 0. The van der Waals surface area contributed by atoms with Crippen molar-refractivity contribution in [3.05, 3.63) is 71.9 Å². The fourth-order valence-corrected chi connectivity index (χ4v) is 2.96. The lowest BCUT2D eigenvalue weighted by Crippen LogP contribution is -2.41. The average Bonchev–Trinajstić information content (AvgIpc) is 3.08. The van der Waals surface area contributed by atoms with Crippen LogP contribution in [0.2, 0.25) is 0 Å². The van der Waals surface area contributed by atoms with Crippen LogP contribution in [0.1, 0.15) is 18.1 Å². The molecule has 0 spiro atoms. The second-order valence-corrected chi connectivity index (χ2v) is 6.46. The van der Waals surface area contributed by atoms with Crippen LogP contribution in [-0.2, 0) is 20.8 Å². The summed E-state index contributed by atoms with van der Waals surface area (Å²) in [6.45, 7) is 1.30. The Morgan fingerprint density at radius 3 is 2.72 bits per heavy atom. The van der Waals surface area contributed by atoms with E-state index in [4.69, 9.17) is 4.74 Å². The van der Waals surface area contributed by atoms with E-state index in [0.717, 1.165) is 16.5 Å². The standard InChI is InChI=1S/C22H20N2O5/c1-14(25)29-17-6-4-5-15(11-17)9-10-21(26)24-20(22(27)28)12-16-13-23-19-8-3-2-7-18(16)19/h2-11,13,20,23H,12H2,1H3,(H,24,26)(H,27,28)/t20-/m0/s1. The van der Waals surface area contributed by atoms with E-state index in [1.807, 2.05) is 24.3 Å². The van der Waals surface area contributed by atoms with Gasteiger partial charge in [0.1, 0.15) is 11.8 Å². The maximum Gasteiger partial charge on any atom is 0.326 e. The quantitative estimate of drug-likeness (QED) is 0.325. The predicted octanol–water partition coefficient (Wildman–Crippen LogP) is 2.92. The van der Waals surface area contributed by atoms with Crippen LogP contribution in [0.15, 0.2) is 60.8 Å². The summed E-state index contributed by atoms with van der Waals surface area (Å²) < 4.78 is 5.00. The normalized spacial score (nSPS) is 12.0. The molecule has 3 rings (SSSR count). The molecular formula is C22H20N2O5. The summed E-state index contributed by atoms with van der Waals surface area (Å²) in [4.78, 5) is 38.0. The Hall–Kier alpha value is -3.87. The molecule has 7 heteroatoms. The first-order chi connectivity index (χ1) is 13.9. The van der Waals surface area contributed by atoms with Gasteiger partial charge >= 0.3 is 11.9 Å². The van der Waals surface area contributed by atoms with Crippen molar-refractivity contribution in [2.75, 3.05) is 0 Å². The number of para-hydroxylation sites is 1. The van der Waals surface area contributed by atoms with Crippen LogP contribution in [0.5, 0.6) is 5.75 Å². The second-order valence-electron chi connectivity index (χ2n) is 6.46. The monoisotopic (exact) mass is 392 g/mol. The largest absolute Gasteiger partial charge is 0.480 e. The van der Waals surface area contributed by atoms with Gasteiger partial charge in [-0.15, -0.1) is 0 Å². The molecule has 0 aliphatic heterocycles. The van der Waals surface area contributed by atoms with Gasteiger partial charge in [0.2, 0.25) is 5.91 Å². The maximum absolute atomic E-state index is 12.2. The Balaban J connectivity index is 1.67. The molecule has 29 heavy (non-hydrogen) atoms. The summed E-state index contributed by atoms with van der Waals surface area (Å²) in [5.41, 5.74) is 2.36. The molecule has 0 bridgehead atoms. The number of esters is 1. The van der Waals surface area contributed by atoms with E-state index < -0.39 is 23.9 Å². The van der Waals surface area contributed by atoms with E-state index in [1.54, 1.807) is 30.5 Å². The number of ether oxygens (including phenoxy) is 1. The molecule has 3 N–H and O–H groups in total. The topological polar surface area (TPSA) is 108 Å². The van der Waals surface area contributed by atoms with Crippen molar-refractivity contribution >= 4 is 34.8 Å². The molecule has 0 fully saturated rings. The number of fused-ring (bicyclic) bond motifs is 1. The zero-order valence-electron chi connectivity index (χ0n) is 15.7. The Morgan fingerprint density at radius 2 is 1.97 bits per heavy atom. The van der Waals surface area contributed by atoms with E-state index in [-0.39, 0.29) is 6.42 Å². The predicted molar refractivity (Wildman–Crippen MR) is 108 cm³/mol. The zero-order chi connectivity index (χ0) is 20.8. The van der Waals surface area contributed by atoms with E-state index >= 15 is 0 Å². The van der Waals surface area contributed by atoms with Crippen LogP contribution in [-0.4, -0.2) is 34.0 Å². The molecule has 1 atom stereocenters. The number of hydrogen-bond donors (Lipinski definition) is 3. The number of carboxylic acids is 1. The van der Waals surface area contributed by atoms with Crippen LogP contribution < -0.4 is 10.1 Å². The average molecular weight is 392 g/mol. The van der Waals surface area contributed by atoms with Gasteiger partial charge in [0, 0.05) is 36.5 Å². The number of H-pyrrole nitrogens is 1. The maximum atomic E-state index is 12.2. The first-order valence-electron chi connectivity index (χ1n) is 8.97. The highest BCUT2D eigenvalue weighted by Gasteiger charge is 2.21. The minimum absolute atomic E-state index is 0.154. The van der Waals surface area contributed by atoms with Gasteiger partial charge in [-0.2, -0.15) is 0 Å². The van der Waals surface area contributed by atoms with Gasteiger partial charge in [-0.25, -0.2) is 4.79 Å². The molecule has 0 aliphatic carbocycles. The van der Waals surface area contributed by atoms with Crippen LogP contribution in [0.25, 0.3) is 17.0 Å². The van der Waals surface area contributed by atoms with Crippen molar-refractivity contribution in [1.29, 1.82) is 0 Å². The Labute approximate surface area is 167 Å². The molecule has 0 unspecified atom stereocenters. The van der Waals surface area contributed by atoms with E-state index in [9.17, 15) is 19.5 Å². The third-order valence-corrected chi connectivity index (χ3v) is 4.26. The van der Waals surface area contributed by atoms with Crippen LogP contribution in [0.3, 0.4) is 0 Å². The van der Waals surface area contributed by atoms with Gasteiger partial charge in [-0.3, -0.25) is 9.59 Å². The van der Waals surface area contributed by atoms with Crippen LogP contribution >= 0.6 is 0 Å². The molecule has 2 aromatic carbocycles. The van der Waals surface area contributed by atoms with Gasteiger partial charge in [0.25, 0.3) is 0 Å². The van der Waals surface area contributed by atoms with Crippen LogP contribution in [0.4, 0.5) is 0 Å². The Kier molecular flexibility index (Phi) is 6.09. The summed E-state index contributed by atoms with van der Waals surface area (Å²) in [5.74, 6) is -1.72. The van der Waals surface area contributed by atoms with E-state index in [0.29, 0.717) is 11.3 Å². The lowest BCUT2D eigenvalue weighted by Gasteiger charge is -2.13. The molecule has 1 aromatic heterocycles. The number of rotatable bonds is 7. The fourth-order valence-electron chi connectivity index (χ4n) is 2.96. The van der Waals surface area contributed by atoms with Crippen molar-refractivity contribution in [2.24, 2.45) is 0 Å². The highest BCUT2D eigenvalue weighted by molar-refractivity contribution is 5.94. The minimum atomic E-state index is -1.12. The van der Waals surface area contributed by atoms with Crippen molar-refractivity contribution in [2.45, 2.75) is 19.4 Å². The van der Waals surface area contributed by atoms with Gasteiger partial charge in [0.05, 0.1) is 0 Å². The molecule has 1 heterocycles. The number of nitrogens with one attached hydrogen (secondary N) is 2. The molecule has 0 aliphatic rings. The number of carbonyl (C=O) groups is 3. The summed E-state index contributed by atoms with van der Waals surface area (Å²) in [6, 6.07) is 13.1. The molecule has 148 valence electrons. The number of carboxylic acid groups (broad SMARTS) is 1. The first kappa shape index (κ1) is 19.9. The smallest absolute Gasteiger partial charge is 0.326 e. The second kappa shape index (κ2) is 8.88. The van der Waals surface area contributed by atoms with Crippen molar-refractivity contribution < 1.29 is 24.2 Å². The van der Waals surface area contributed by atoms with E-state index in [1.165, 1.54) is 19.1 Å². The van der Waals surface area contributed by atoms with Gasteiger partial charge in [0.15, 0.2) is 0 Å². The van der Waals surface area contributed by atoms with Crippen molar-refractivity contribution in [3.8, 4) is 5.75 Å². The van der Waals surface area contributed by atoms with Crippen molar-refractivity contribution in [1.82, 2.24) is 10.3 Å². The third kappa shape index (κ3) is 5.32. The number of aromatic amines is 1. The molecule has 0 radical (unpaired) electrons. The first-order valence-corrected chi connectivity index (χ1v) is 8.97. The minimum Gasteiger partial charge on any atom is -0.480 e. The Morgan fingerprint density at radius 1 is 1.17 bits per heavy atom. The van der Waals surface area contributed by atoms with Gasteiger partial charge in [-0.1, -0.05) is 30.3 Å². The molecule has 3 aromatic rings. The van der Waals surface area contributed by atoms with E-state index in [2.05, 4.69) is 10.3 Å². The number of aliphatic carboxylic acids is 1. The Bertz CT molecular complexity index is 1080. The zero-order valence-corrected chi connectivity index (χ0v) is 15.7. The summed E-state index contributed by atoms with van der Waals surface area (Å²) in [6.07, 6.45) is 4.68. The van der Waals surface area contributed by atoms with Crippen LogP contribution in [0, 0.1) is 0 Å². The third-order valence-electron chi connectivity index (χ3n) is 4.26. The lowest BCUT2D eigenvalue weighted by molar-refractivity contribution is -0.141. The van der Waals surface area contributed by atoms with Crippen molar-refractivity contribution in [3.63, 3.8) is 0 Å². The summed E-state index contributed by atoms with van der Waals surface area (Å²) in [5, 5.41) is 12.9. The number of hydrogen-bond acceptors (Lipinski definition) is 4. The number of carbonyl (C=O) groups excluding carboxylic acids is 2. The molecule has 7 nitrogen and oxygen atoms in total. The highest BCUT2D eigenvalue weighted by atomic mass is 16.5. The highest BCUT2D eigenvalue weighted by Crippen LogP contribution is 2.19. The van der Waals surface area contributed by atoms with Gasteiger partial charge < -0.3 is 20.1 Å². The molecule has 0 saturated carbocycles. The fraction of sp³-hybridized carbons (Fsp3) is 0.136.